The van der Waals surface area contributed by atoms with Crippen molar-refractivity contribution in [1.29, 1.82) is 10.8 Å². The van der Waals surface area contributed by atoms with Gasteiger partial charge in [-0.2, -0.15) is 0 Å². The molecule has 0 saturated carbocycles. The number of ether oxygens (including phenoxy) is 7. The van der Waals surface area contributed by atoms with E-state index in [2.05, 4.69) is 47.9 Å². The van der Waals surface area contributed by atoms with Crippen molar-refractivity contribution in [3.05, 3.63) is 65.7 Å². The van der Waals surface area contributed by atoms with Gasteiger partial charge in [-0.05, 0) is 36.1 Å². The van der Waals surface area contributed by atoms with Gasteiger partial charge in [-0.25, -0.2) is 0 Å². The summed E-state index contributed by atoms with van der Waals surface area (Å²) in [6, 6.07) is 0.978. The van der Waals surface area contributed by atoms with Crippen LogP contribution in [0.2, 0.25) is 0 Å². The molecule has 97 heavy (non-hydrogen) atoms. The average Bonchev–Trinajstić information content (AvgIpc) is 1.76. The number of hydrogen-bond acceptors (Lipinski definition) is 27. The number of aliphatic hydroxyl groups is 12. The van der Waals surface area contributed by atoms with Crippen LogP contribution in [-0.2, 0) is 63.6 Å². The monoisotopic (exact) mass is 1380 g/mol. The first kappa shape index (κ1) is 74.1. The van der Waals surface area contributed by atoms with Gasteiger partial charge < -0.3 is 147 Å². The largest absolute Gasteiger partial charge is 0.462 e. The van der Waals surface area contributed by atoms with E-state index >= 15 is 9.59 Å². The number of nitrogens with one attached hydrogen (secondary N) is 11. The first-order chi connectivity index (χ1) is 46.3. The molecule has 0 aromatic heterocycles. The molecule has 7 heterocycles. The summed E-state index contributed by atoms with van der Waals surface area (Å²) in [6.07, 6.45) is -28.7. The molecule has 538 valence electrons. The summed E-state index contributed by atoms with van der Waals surface area (Å²) in [6.45, 7) is 0.931. The zero-order valence-corrected chi connectivity index (χ0v) is 53.0. The Balaban J connectivity index is 0.989. The molecule has 0 radical (unpaired) electrons. The fourth-order valence-electron chi connectivity index (χ4n) is 12.7. The summed E-state index contributed by atoms with van der Waals surface area (Å²) >= 11 is 0. The number of carbonyl (C=O) groups excluding carboxylic acids is 6. The van der Waals surface area contributed by atoms with Crippen LogP contribution in [0.1, 0.15) is 50.7 Å². The highest BCUT2D eigenvalue weighted by Crippen LogP contribution is 2.36. The van der Waals surface area contributed by atoms with Crippen LogP contribution < -0.4 is 52.6 Å². The minimum Gasteiger partial charge on any atom is -0.462 e. The van der Waals surface area contributed by atoms with Gasteiger partial charge >= 0.3 is 0 Å². The Morgan fingerprint density at radius 3 is 1.89 bits per heavy atom. The molecule has 0 spiro atoms. The molecule has 9 rings (SSSR count). The molecule has 0 aliphatic carbocycles. The van der Waals surface area contributed by atoms with Gasteiger partial charge in [-0.1, -0.05) is 63.2 Å². The molecule has 37 heteroatoms. The highest BCUT2D eigenvalue weighted by atomic mass is 16.8. The maximum atomic E-state index is 15.2. The topological polar surface area (TPSA) is 569 Å². The van der Waals surface area contributed by atoms with Crippen molar-refractivity contribution in [3.63, 3.8) is 0 Å². The van der Waals surface area contributed by atoms with Crippen LogP contribution in [0.25, 0.3) is 0 Å². The van der Waals surface area contributed by atoms with Crippen LogP contribution in [0.4, 0.5) is 0 Å². The van der Waals surface area contributed by atoms with Crippen molar-refractivity contribution in [3.8, 4) is 5.75 Å². The van der Waals surface area contributed by atoms with Gasteiger partial charge in [0.2, 0.25) is 41.7 Å². The highest BCUT2D eigenvalue weighted by Gasteiger charge is 2.56. The minimum atomic E-state index is -2.35. The van der Waals surface area contributed by atoms with Crippen molar-refractivity contribution in [2.45, 2.75) is 199 Å². The van der Waals surface area contributed by atoms with Crippen LogP contribution in [0.3, 0.4) is 0 Å². The Hall–Kier alpha value is -7.12. The predicted octanol–water partition coefficient (Wildman–Crippen LogP) is -10.4. The van der Waals surface area contributed by atoms with Gasteiger partial charge in [0.15, 0.2) is 30.7 Å². The molecule has 7 saturated heterocycles. The van der Waals surface area contributed by atoms with Crippen molar-refractivity contribution < 1.29 is 123 Å². The molecule has 26 unspecified atom stereocenters. The van der Waals surface area contributed by atoms with Gasteiger partial charge in [0.1, 0.15) is 121 Å². The fraction of sp³-hybridized carbons (Fsp3) is 0.667. The summed E-state index contributed by atoms with van der Waals surface area (Å²) in [5, 5.41) is 172. The second-order valence-electron chi connectivity index (χ2n) is 24.8. The molecule has 7 fully saturated rings. The Bertz CT molecular complexity index is 3050. The lowest BCUT2D eigenvalue weighted by Gasteiger charge is -2.49. The molecule has 2 aromatic rings. The van der Waals surface area contributed by atoms with Crippen LogP contribution in [0.15, 0.2) is 54.6 Å². The van der Waals surface area contributed by atoms with E-state index in [1.165, 1.54) is 24.3 Å². The fourth-order valence-corrected chi connectivity index (χ4v) is 12.7. The van der Waals surface area contributed by atoms with E-state index in [1.807, 2.05) is 13.8 Å². The zero-order valence-electron chi connectivity index (χ0n) is 53.0. The number of amides is 6. The summed E-state index contributed by atoms with van der Waals surface area (Å²) in [7, 11) is 0. The van der Waals surface area contributed by atoms with Crippen molar-refractivity contribution in [2.24, 2.45) is 5.92 Å². The lowest BCUT2D eigenvalue weighted by atomic mass is 9.92. The van der Waals surface area contributed by atoms with Gasteiger partial charge in [-0.3, -0.25) is 39.6 Å². The van der Waals surface area contributed by atoms with Crippen LogP contribution >= 0.6 is 0 Å². The summed E-state index contributed by atoms with van der Waals surface area (Å²) in [5.74, 6) is -9.18. The van der Waals surface area contributed by atoms with Gasteiger partial charge in [0, 0.05) is 31.3 Å². The number of aliphatic hydroxyl groups excluding tert-OH is 12. The van der Waals surface area contributed by atoms with E-state index in [-0.39, 0.29) is 36.3 Å². The maximum absolute atomic E-state index is 15.2. The molecular formula is C60H88N12O25. The molecule has 0 bridgehead atoms. The normalized spacial score (nSPS) is 37.5. The predicted molar refractivity (Wildman–Crippen MR) is 327 cm³/mol. The zero-order chi connectivity index (χ0) is 70.3. The Labute approximate surface area is 554 Å². The van der Waals surface area contributed by atoms with E-state index in [9.17, 15) is 80.5 Å². The Morgan fingerprint density at radius 1 is 0.598 bits per heavy atom. The number of hydrogen-bond donors (Lipinski definition) is 23. The number of benzene rings is 2. The standard InChI is InChI=1S/C60H88N12O25/c1-4-25(5-2)56-91-22-34-49(96-56)44(82)47(85)58(95-34)97-48-33(21-75)94-57(46(84)43(48)81)92-27-13-11-24(12-14-27)15-28-51(87)70-37(39(77)29-16-64-59(61)68-29)54(90)71-38(40(78)31-17-65-60(62)72(31)55-45(83)42(80)41(79)32(20-74)93-55)53(89)67-30(19-73)50(86)63-18-35(76)69-36(52(88)66-28)23(3)26-9-7-6-8-10-26/h6-14,23,25,28-34,36-49,55-58,73-75,77-85H,4-5,15-22H2,1-3H3,(H2,62,65)(H,63,86)(H,66,88)(H,67,89)(H,69,76)(H,70,87)(H,71,90)(H3,61,64,68). The summed E-state index contributed by atoms with van der Waals surface area (Å²) in [4.78, 5) is 88.2. The number of nitrogens with zero attached hydrogens (tertiary/aromatic N) is 1. The Morgan fingerprint density at radius 2 is 1.24 bits per heavy atom. The molecule has 2 aromatic carbocycles. The second kappa shape index (κ2) is 32.7. The Kier molecular flexibility index (Phi) is 25.0. The quantitative estimate of drug-likeness (QED) is 0.0621. The summed E-state index contributed by atoms with van der Waals surface area (Å²) in [5.41, 5.74) is 0.736. The van der Waals surface area contributed by atoms with E-state index in [4.69, 9.17) is 44.0 Å². The summed E-state index contributed by atoms with van der Waals surface area (Å²) < 4.78 is 41.3. The first-order valence-corrected chi connectivity index (χ1v) is 31.9. The van der Waals surface area contributed by atoms with Crippen molar-refractivity contribution in [2.75, 3.05) is 46.1 Å². The molecule has 7 aliphatic rings. The molecule has 7 aliphatic heterocycles. The molecular weight excluding hydrogens is 1290 g/mol. The van der Waals surface area contributed by atoms with Crippen molar-refractivity contribution in [1.82, 2.24) is 52.8 Å². The number of rotatable bonds is 19. The smallest absolute Gasteiger partial charge is 0.246 e. The van der Waals surface area contributed by atoms with Gasteiger partial charge in [0.25, 0.3) is 0 Å². The van der Waals surface area contributed by atoms with Crippen LogP contribution in [0.5, 0.6) is 5.75 Å². The molecule has 6 amide bonds. The van der Waals surface area contributed by atoms with E-state index < -0.39 is 239 Å². The third kappa shape index (κ3) is 16.6. The minimum absolute atomic E-state index is 0.00196. The average molecular weight is 1380 g/mol. The number of fused-ring (bicyclic) bond motifs is 1. The maximum Gasteiger partial charge on any atom is 0.246 e. The third-order valence-electron chi connectivity index (χ3n) is 18.5. The lowest BCUT2D eigenvalue weighted by molar-refractivity contribution is -0.385. The second-order valence-corrected chi connectivity index (χ2v) is 24.8. The van der Waals surface area contributed by atoms with Gasteiger partial charge in [0.05, 0.1) is 45.1 Å². The SMILES string of the molecule is CCC(CC)C1OCC2OC(OC3C(CO)OC(Oc4ccc(CC5NC(=O)C(C(C)c6ccccc6)NC(=O)CNC(=O)C(CO)NC(=O)C(C(O)C6CNC(=N)N6C6OC(CO)C(O)C(O)C6O)NC(=O)C(C(O)C6CNC(=N)N6)NC5=O)cc4)C(O)C3O)C(O)C(O)C2O1. The van der Waals surface area contributed by atoms with E-state index in [0.29, 0.717) is 5.56 Å². The molecule has 23 N–H and O–H groups in total. The third-order valence-corrected chi connectivity index (χ3v) is 18.5. The van der Waals surface area contributed by atoms with Gasteiger partial charge in [-0.15, -0.1) is 0 Å². The van der Waals surface area contributed by atoms with Crippen LogP contribution in [0, 0.1) is 16.7 Å². The lowest BCUT2D eigenvalue weighted by Crippen LogP contribution is -2.69. The van der Waals surface area contributed by atoms with E-state index in [1.54, 1.807) is 37.3 Å². The molecule has 26 atom stereocenters. The highest BCUT2D eigenvalue weighted by molar-refractivity contribution is 5.98. The first-order valence-electron chi connectivity index (χ1n) is 31.9. The van der Waals surface area contributed by atoms with Crippen molar-refractivity contribution >= 4 is 47.4 Å². The number of carbonyl (C=O) groups is 6. The van der Waals surface area contributed by atoms with E-state index in [0.717, 1.165) is 17.7 Å². The molecule has 37 nitrogen and oxygen atoms in total. The number of guanidine groups is 2. The van der Waals surface area contributed by atoms with Crippen LogP contribution in [-0.4, -0.2) is 312 Å².